The smallest absolute Gasteiger partial charge is 0.195 e. The summed E-state index contributed by atoms with van der Waals surface area (Å²) in [7, 11) is 4.81. The van der Waals surface area contributed by atoms with E-state index in [2.05, 4.69) is 26.7 Å². The quantitative estimate of drug-likeness (QED) is 0.369. The zero-order valence-corrected chi connectivity index (χ0v) is 17.5. The van der Waals surface area contributed by atoms with E-state index in [-0.39, 0.29) is 11.6 Å². The van der Waals surface area contributed by atoms with Crippen LogP contribution in [0.15, 0.2) is 54.6 Å². The summed E-state index contributed by atoms with van der Waals surface area (Å²) in [6.07, 6.45) is 0. The Morgan fingerprint density at radius 1 is 1.04 bits per heavy atom. The van der Waals surface area contributed by atoms with Gasteiger partial charge in [0.25, 0.3) is 0 Å². The molecule has 0 unspecified atom stereocenters. The molecule has 1 amide bonds. The summed E-state index contributed by atoms with van der Waals surface area (Å²) >= 11 is -5.09. The van der Waals surface area contributed by atoms with E-state index in [0.29, 0.717) is 0 Å². The molecule has 2 aromatic carbocycles. The van der Waals surface area contributed by atoms with E-state index in [9.17, 15) is 13.6 Å². The largest absolute Gasteiger partial charge is 0.317 e. The van der Waals surface area contributed by atoms with Gasteiger partial charge in [-0.3, -0.25) is 0 Å². The topological polar surface area (TPSA) is 141 Å². The number of phenolic OH excluding ortho intramolecular Hbond substituents is 1. The average molecular weight is 488 g/mol. The van der Waals surface area contributed by atoms with Gasteiger partial charge in [-0.25, -0.2) is 0 Å². The van der Waals surface area contributed by atoms with E-state index in [1.807, 2.05) is 36.4 Å². The van der Waals surface area contributed by atoms with Gasteiger partial charge in [-0.05, 0) is 0 Å². The van der Waals surface area contributed by atoms with Gasteiger partial charge in [0.15, 0.2) is 0 Å². The van der Waals surface area contributed by atoms with Gasteiger partial charge in [0, 0.05) is 21.4 Å². The van der Waals surface area contributed by atoms with E-state index in [1.54, 1.807) is 0 Å². The number of phenols is 1. The van der Waals surface area contributed by atoms with Crippen molar-refractivity contribution in [3.05, 3.63) is 54.6 Å². The number of hydrogen-bond acceptors (Lipinski definition) is 5. The second-order valence-corrected chi connectivity index (χ2v) is 11.4. The van der Waals surface area contributed by atoms with E-state index < -0.39 is 32.5 Å². The molecule has 2 aromatic rings. The van der Waals surface area contributed by atoms with Crippen molar-refractivity contribution in [1.82, 2.24) is 0 Å². The molecule has 144 valence electrons. The van der Waals surface area contributed by atoms with Crippen molar-refractivity contribution < 1.29 is 30.2 Å². The van der Waals surface area contributed by atoms with Crippen LogP contribution in [0.3, 0.4) is 0 Å². The second kappa shape index (κ2) is 11.3. The minimum atomic E-state index is -5.09. The number of hydrogen-bond donors (Lipinski definition) is 4. The summed E-state index contributed by atoms with van der Waals surface area (Å²) in [5.74, 6) is -0.850. The number of halogens is 2. The first-order valence-electron chi connectivity index (χ1n) is 6.61. The molecule has 8 nitrogen and oxygen atoms in total. The first kappa shape index (κ1) is 24.5. The van der Waals surface area contributed by atoms with Gasteiger partial charge < -0.3 is 0 Å². The number of anilines is 1. The van der Waals surface area contributed by atoms with Crippen LogP contribution in [0.5, 0.6) is 5.75 Å². The third kappa shape index (κ3) is 13.8. The fourth-order valence-electron chi connectivity index (χ4n) is 1.44. The van der Waals surface area contributed by atoms with E-state index >= 15 is 0 Å². The Hall–Kier alpha value is -1.48. The number of nitrogens with one attached hydrogen (secondary N) is 1. The summed E-state index contributed by atoms with van der Waals surface area (Å²) in [6, 6.07) is 15.5. The molecule has 0 aliphatic carbocycles. The van der Waals surface area contributed by atoms with Crippen molar-refractivity contribution >= 4 is 59.7 Å². The van der Waals surface area contributed by atoms with Crippen molar-refractivity contribution in [2.75, 3.05) is 5.32 Å². The maximum Gasteiger partial charge on any atom is 0.317 e. The van der Waals surface area contributed by atoms with E-state index in [4.69, 9.17) is 16.6 Å². The van der Waals surface area contributed by atoms with Crippen molar-refractivity contribution in [3.8, 4) is 5.75 Å². The first-order chi connectivity index (χ1) is 11.8. The van der Waals surface area contributed by atoms with Crippen LogP contribution in [-0.4, -0.2) is 41.8 Å². The Bertz CT molecular complexity index is 822. The van der Waals surface area contributed by atoms with Gasteiger partial charge >= 0.3 is 96.4 Å². The van der Waals surface area contributed by atoms with Crippen molar-refractivity contribution in [2.45, 2.75) is 6.92 Å². The molecule has 12 heteroatoms. The van der Waals surface area contributed by atoms with Gasteiger partial charge in [0.2, 0.25) is 0 Å². The third-order valence-electron chi connectivity index (χ3n) is 2.28. The number of rotatable bonds is 2. The molecular weight excluding hydrogens is 472 g/mol. The predicted molar refractivity (Wildman–Crippen MR) is 100.0 cm³/mol. The van der Waals surface area contributed by atoms with Gasteiger partial charge in [0.05, 0.1) is 0 Å². The van der Waals surface area contributed by atoms with Crippen LogP contribution >= 0.6 is 21.4 Å². The number of amides is 1. The second-order valence-electron chi connectivity index (χ2n) is 4.46. The first-order valence-corrected chi connectivity index (χ1v) is 13.1. The molecule has 2 rings (SSSR count). The molecule has 0 heterocycles. The van der Waals surface area contributed by atoms with Crippen molar-refractivity contribution in [3.63, 3.8) is 0 Å². The van der Waals surface area contributed by atoms with Crippen LogP contribution < -0.4 is 9.67 Å². The van der Waals surface area contributed by atoms with Crippen LogP contribution in [0.2, 0.25) is 0 Å². The number of aromatic hydroxyl groups is 1. The van der Waals surface area contributed by atoms with Crippen LogP contribution in [-0.2, 0) is 16.8 Å². The minimum Gasteiger partial charge on any atom is -0.195 e. The fourth-order valence-corrected chi connectivity index (χ4v) is 2.76. The summed E-state index contributed by atoms with van der Waals surface area (Å²) in [6.45, 7) is 1.29. The summed E-state index contributed by atoms with van der Waals surface area (Å²) in [4.78, 5) is 10.7. The Kier molecular flexibility index (Phi) is 10.6. The van der Waals surface area contributed by atoms with Gasteiger partial charge in [-0.1, -0.05) is 36.4 Å². The molecule has 0 atom stereocenters. The normalized spacial score (nSPS) is 10.5. The third-order valence-corrected chi connectivity index (χ3v) is 4.39. The number of benzene rings is 2. The van der Waals surface area contributed by atoms with Gasteiger partial charge in [0.1, 0.15) is 0 Å². The molecule has 0 fully saturated rings. The molecular formula is C14H16AsCl2NO7S. The fraction of sp³-hybridized carbons (Fsp3) is 0.0714. The molecule has 0 aliphatic rings. The molecule has 0 saturated carbocycles. The summed E-state index contributed by atoms with van der Waals surface area (Å²) < 4.78 is 46.6. The monoisotopic (exact) mass is 487 g/mol. The van der Waals surface area contributed by atoms with E-state index in [0.717, 1.165) is 12.1 Å². The Balaban J connectivity index is 0.000000464. The van der Waals surface area contributed by atoms with Crippen molar-refractivity contribution in [2.24, 2.45) is 0 Å². The minimum absolute atomic E-state index is 0.285. The zero-order chi connectivity index (χ0) is 20.4. The average Bonchev–Trinajstić information content (AvgIpc) is 2.46. The van der Waals surface area contributed by atoms with Gasteiger partial charge in [-0.2, -0.15) is 8.42 Å². The summed E-state index contributed by atoms with van der Waals surface area (Å²) in [5.41, 5.74) is 0.285. The molecule has 4 N–H and O–H groups in total. The maximum atomic E-state index is 10.9. The molecule has 0 radical (unpaired) electrons. The van der Waals surface area contributed by atoms with Gasteiger partial charge in [-0.15, -0.1) is 0 Å². The van der Waals surface area contributed by atoms with Crippen molar-refractivity contribution in [1.29, 1.82) is 0 Å². The SMILES string of the molecule is CC(=O)Nc1ccc([As](=O)(O)O)c(O)c1.O=S(=O)(Cl)Cl.c1ccccc1. The van der Waals surface area contributed by atoms with Crippen LogP contribution in [0.25, 0.3) is 0 Å². The predicted octanol–water partition coefficient (Wildman–Crippen LogP) is 1.31. The molecule has 0 aliphatic heterocycles. The van der Waals surface area contributed by atoms with Crippen LogP contribution in [0, 0.1) is 0 Å². The molecule has 0 aromatic heterocycles. The molecule has 26 heavy (non-hydrogen) atoms. The molecule has 0 bridgehead atoms. The Labute approximate surface area is 162 Å². The maximum absolute atomic E-state index is 10.9. The zero-order valence-electron chi connectivity index (χ0n) is 13.3. The Morgan fingerprint density at radius 2 is 1.42 bits per heavy atom. The number of carbonyl (C=O) groups is 1. The van der Waals surface area contributed by atoms with E-state index in [1.165, 1.54) is 13.0 Å². The summed E-state index contributed by atoms with van der Waals surface area (Å²) in [5, 5.41) is 11.7. The molecule has 0 spiro atoms. The number of carbonyl (C=O) groups excluding carboxylic acids is 1. The standard InChI is InChI=1S/C8H10AsNO5.C6H6.Cl2O2S/c1-5(11)10-6-2-3-7(8(12)4-6)9(13,14)15;1-2-4-6-5-3-1;1-5(2,3)4/h2-4,12H,1H3,(H,10,11)(H2,13,14,15);1-6H;. The van der Waals surface area contributed by atoms with Crippen LogP contribution in [0.1, 0.15) is 6.92 Å². The molecule has 0 saturated heterocycles. The van der Waals surface area contributed by atoms with Crippen LogP contribution in [0.4, 0.5) is 5.69 Å². The Morgan fingerprint density at radius 3 is 1.69 bits per heavy atom.